The molecule has 0 radical (unpaired) electrons. The van der Waals surface area contributed by atoms with Crippen LogP contribution in [-0.4, -0.2) is 55.1 Å². The standard InChI is InChI=1S/C17H26FN3/c1-3-6-19-17(14-11-13(2)4-5-15(14)18)16-12-20-7-9-21(16)10-8-20/h4-5,11,16-17,19H,3,6-10,12H2,1-2H3. The van der Waals surface area contributed by atoms with Crippen LogP contribution in [0.15, 0.2) is 18.2 Å². The molecule has 0 aliphatic carbocycles. The van der Waals surface area contributed by atoms with Gasteiger partial charge in [0.05, 0.1) is 6.04 Å². The van der Waals surface area contributed by atoms with Crippen LogP contribution in [0.4, 0.5) is 4.39 Å². The SMILES string of the molecule is CCCNC(c1cc(C)ccc1F)C1CN2CCN1CC2. The van der Waals surface area contributed by atoms with E-state index in [2.05, 4.69) is 22.0 Å². The summed E-state index contributed by atoms with van der Waals surface area (Å²) in [7, 11) is 0. The van der Waals surface area contributed by atoms with Gasteiger partial charge in [-0.05, 0) is 26.0 Å². The van der Waals surface area contributed by atoms with Crippen molar-refractivity contribution in [2.45, 2.75) is 32.4 Å². The van der Waals surface area contributed by atoms with Crippen LogP contribution in [0, 0.1) is 12.7 Å². The fraction of sp³-hybridized carbons (Fsp3) is 0.647. The summed E-state index contributed by atoms with van der Waals surface area (Å²) < 4.78 is 14.4. The minimum Gasteiger partial charge on any atom is -0.309 e. The van der Waals surface area contributed by atoms with Gasteiger partial charge in [-0.2, -0.15) is 0 Å². The van der Waals surface area contributed by atoms with Crippen LogP contribution in [-0.2, 0) is 0 Å². The third kappa shape index (κ3) is 3.12. The summed E-state index contributed by atoms with van der Waals surface area (Å²) in [6.45, 7) is 10.7. The van der Waals surface area contributed by atoms with Gasteiger partial charge in [0.25, 0.3) is 0 Å². The Morgan fingerprint density at radius 3 is 2.67 bits per heavy atom. The van der Waals surface area contributed by atoms with Crippen molar-refractivity contribution in [3.8, 4) is 0 Å². The first-order valence-corrected chi connectivity index (χ1v) is 8.15. The van der Waals surface area contributed by atoms with Gasteiger partial charge in [-0.1, -0.05) is 24.6 Å². The third-order valence-electron chi connectivity index (χ3n) is 4.81. The van der Waals surface area contributed by atoms with E-state index in [4.69, 9.17) is 0 Å². The molecule has 1 aromatic rings. The van der Waals surface area contributed by atoms with Crippen molar-refractivity contribution >= 4 is 0 Å². The first-order chi connectivity index (χ1) is 10.2. The molecule has 3 aliphatic heterocycles. The van der Waals surface area contributed by atoms with Crippen LogP contribution in [0.25, 0.3) is 0 Å². The van der Waals surface area contributed by atoms with Crippen molar-refractivity contribution in [1.82, 2.24) is 15.1 Å². The van der Waals surface area contributed by atoms with Crippen LogP contribution in [0.3, 0.4) is 0 Å². The number of piperazine rings is 3. The van der Waals surface area contributed by atoms with Crippen molar-refractivity contribution in [2.75, 3.05) is 39.3 Å². The molecule has 1 aromatic carbocycles. The third-order valence-corrected chi connectivity index (χ3v) is 4.81. The van der Waals surface area contributed by atoms with E-state index in [1.807, 2.05) is 19.1 Å². The minimum atomic E-state index is -0.0770. The van der Waals surface area contributed by atoms with E-state index in [0.29, 0.717) is 6.04 Å². The number of aryl methyl sites for hydroxylation is 1. The molecular formula is C17H26FN3. The average molecular weight is 291 g/mol. The predicted molar refractivity (Wildman–Crippen MR) is 84.0 cm³/mol. The molecule has 3 fully saturated rings. The van der Waals surface area contributed by atoms with Crippen molar-refractivity contribution < 1.29 is 4.39 Å². The van der Waals surface area contributed by atoms with Gasteiger partial charge in [-0.15, -0.1) is 0 Å². The Morgan fingerprint density at radius 1 is 1.29 bits per heavy atom. The second-order valence-corrected chi connectivity index (χ2v) is 6.36. The summed E-state index contributed by atoms with van der Waals surface area (Å²) in [5.74, 6) is -0.0770. The van der Waals surface area contributed by atoms with Gasteiger partial charge < -0.3 is 5.32 Å². The summed E-state index contributed by atoms with van der Waals surface area (Å²) >= 11 is 0. The van der Waals surface area contributed by atoms with Gasteiger partial charge in [0.2, 0.25) is 0 Å². The van der Waals surface area contributed by atoms with Crippen LogP contribution in [0.2, 0.25) is 0 Å². The number of halogens is 1. The lowest BCUT2D eigenvalue weighted by molar-refractivity contribution is -0.00415. The summed E-state index contributed by atoms with van der Waals surface area (Å²) in [5, 5.41) is 3.60. The summed E-state index contributed by atoms with van der Waals surface area (Å²) in [6, 6.07) is 5.96. The molecule has 2 unspecified atom stereocenters. The van der Waals surface area contributed by atoms with Gasteiger partial charge in [0.15, 0.2) is 0 Å². The van der Waals surface area contributed by atoms with Gasteiger partial charge in [0.1, 0.15) is 5.82 Å². The molecule has 21 heavy (non-hydrogen) atoms. The number of benzene rings is 1. The first-order valence-electron chi connectivity index (χ1n) is 8.15. The number of fused-ring (bicyclic) bond motifs is 3. The Bertz CT molecular complexity index is 483. The number of hydrogen-bond donors (Lipinski definition) is 1. The van der Waals surface area contributed by atoms with Crippen molar-refractivity contribution in [1.29, 1.82) is 0 Å². The fourth-order valence-electron chi connectivity index (χ4n) is 3.63. The van der Waals surface area contributed by atoms with Gasteiger partial charge >= 0.3 is 0 Å². The lowest BCUT2D eigenvalue weighted by Gasteiger charge is -2.50. The number of hydrogen-bond acceptors (Lipinski definition) is 3. The topological polar surface area (TPSA) is 18.5 Å². The van der Waals surface area contributed by atoms with E-state index in [1.54, 1.807) is 6.07 Å². The highest BCUT2D eigenvalue weighted by Gasteiger charge is 2.37. The monoisotopic (exact) mass is 291 g/mol. The van der Waals surface area contributed by atoms with Crippen molar-refractivity contribution in [3.05, 3.63) is 35.1 Å². The number of nitrogens with one attached hydrogen (secondary N) is 1. The van der Waals surface area contributed by atoms with Crippen LogP contribution in [0.1, 0.15) is 30.5 Å². The predicted octanol–water partition coefficient (Wildman–Crippen LogP) is 2.17. The second-order valence-electron chi connectivity index (χ2n) is 6.36. The normalized spacial score (nSPS) is 29.6. The molecule has 3 saturated heterocycles. The highest BCUT2D eigenvalue weighted by molar-refractivity contribution is 5.28. The highest BCUT2D eigenvalue weighted by Crippen LogP contribution is 2.29. The van der Waals surface area contributed by atoms with E-state index in [9.17, 15) is 4.39 Å². The van der Waals surface area contributed by atoms with E-state index in [-0.39, 0.29) is 11.9 Å². The van der Waals surface area contributed by atoms with Crippen LogP contribution >= 0.6 is 0 Å². The number of rotatable bonds is 5. The molecule has 2 atom stereocenters. The average Bonchev–Trinajstić information content (AvgIpc) is 2.52. The zero-order valence-electron chi connectivity index (χ0n) is 13.1. The van der Waals surface area contributed by atoms with E-state index >= 15 is 0 Å². The van der Waals surface area contributed by atoms with E-state index < -0.39 is 0 Å². The smallest absolute Gasteiger partial charge is 0.128 e. The highest BCUT2D eigenvalue weighted by atomic mass is 19.1. The molecule has 4 rings (SSSR count). The lowest BCUT2D eigenvalue weighted by Crippen LogP contribution is -2.64. The molecule has 1 N–H and O–H groups in total. The largest absolute Gasteiger partial charge is 0.309 e. The molecular weight excluding hydrogens is 265 g/mol. The Hall–Kier alpha value is -0.970. The fourth-order valence-corrected chi connectivity index (χ4v) is 3.63. The van der Waals surface area contributed by atoms with Crippen LogP contribution in [0.5, 0.6) is 0 Å². The van der Waals surface area contributed by atoms with E-state index in [1.165, 1.54) is 0 Å². The Morgan fingerprint density at radius 2 is 2.05 bits per heavy atom. The maximum absolute atomic E-state index is 14.4. The zero-order valence-corrected chi connectivity index (χ0v) is 13.1. The van der Waals surface area contributed by atoms with Gasteiger partial charge in [0, 0.05) is 44.3 Å². The molecule has 0 aromatic heterocycles. The molecule has 0 saturated carbocycles. The Balaban J connectivity index is 1.88. The maximum Gasteiger partial charge on any atom is 0.128 e. The van der Waals surface area contributed by atoms with Gasteiger partial charge in [-0.3, -0.25) is 9.80 Å². The molecule has 4 heteroatoms. The Kier molecular flexibility index (Phi) is 4.57. The molecule has 3 aliphatic rings. The molecule has 0 amide bonds. The summed E-state index contributed by atoms with van der Waals surface area (Å²) in [4.78, 5) is 5.05. The maximum atomic E-state index is 14.4. The Labute approximate surface area is 127 Å². The quantitative estimate of drug-likeness (QED) is 0.897. The van der Waals surface area contributed by atoms with E-state index in [0.717, 1.165) is 56.8 Å². The molecule has 0 spiro atoms. The van der Waals surface area contributed by atoms with Crippen LogP contribution < -0.4 is 5.32 Å². The first kappa shape index (κ1) is 14.9. The van der Waals surface area contributed by atoms with Gasteiger partial charge in [-0.25, -0.2) is 4.39 Å². The van der Waals surface area contributed by atoms with Crippen molar-refractivity contribution in [2.24, 2.45) is 0 Å². The second kappa shape index (κ2) is 6.42. The minimum absolute atomic E-state index is 0.0770. The lowest BCUT2D eigenvalue weighted by atomic mass is 9.92. The zero-order chi connectivity index (χ0) is 14.8. The molecule has 116 valence electrons. The number of nitrogens with zero attached hydrogens (tertiary/aromatic N) is 2. The van der Waals surface area contributed by atoms with Crippen molar-refractivity contribution in [3.63, 3.8) is 0 Å². The molecule has 3 heterocycles. The molecule has 3 nitrogen and oxygen atoms in total. The summed E-state index contributed by atoms with van der Waals surface area (Å²) in [6.07, 6.45) is 1.07. The summed E-state index contributed by atoms with van der Waals surface area (Å²) in [5.41, 5.74) is 1.97. The molecule has 2 bridgehead atoms.